The first-order valence-corrected chi connectivity index (χ1v) is 6.76. The summed E-state index contributed by atoms with van der Waals surface area (Å²) in [5.41, 5.74) is 7.97. The molecule has 0 unspecified atom stereocenters. The Bertz CT molecular complexity index is 409. The van der Waals surface area contributed by atoms with Gasteiger partial charge in [0, 0.05) is 19.6 Å². The molecule has 1 aromatic heterocycles. The van der Waals surface area contributed by atoms with Crippen molar-refractivity contribution in [3.8, 4) is 0 Å². The Morgan fingerprint density at radius 3 is 2.56 bits per heavy atom. The molecule has 5 heteroatoms. The highest BCUT2D eigenvalue weighted by Crippen LogP contribution is 2.35. The molecule has 1 saturated carbocycles. The number of hydrogen-bond donors (Lipinski definition) is 2. The number of aromatic nitrogens is 2. The number of rotatable bonds is 5. The fraction of sp³-hybridized carbons (Fsp3) is 0.769. The summed E-state index contributed by atoms with van der Waals surface area (Å²) in [5, 5.41) is 13.8. The molecular formula is C13H24N4O. The predicted molar refractivity (Wildman–Crippen MR) is 73.8 cm³/mol. The Kier molecular flexibility index (Phi) is 3.80. The smallest absolute Gasteiger partial charge is 0.150 e. The molecule has 3 N–H and O–H groups in total. The fourth-order valence-electron chi connectivity index (χ4n) is 2.59. The fourth-order valence-corrected chi connectivity index (χ4v) is 2.59. The van der Waals surface area contributed by atoms with Crippen LogP contribution in [0.2, 0.25) is 0 Å². The number of nitrogens with two attached hydrogens (primary N) is 1. The molecule has 0 amide bonds. The van der Waals surface area contributed by atoms with Gasteiger partial charge in [-0.2, -0.15) is 5.10 Å². The Balaban J connectivity index is 2.34. The molecule has 0 spiro atoms. The zero-order chi connectivity index (χ0) is 13.3. The minimum Gasteiger partial charge on any atom is -0.395 e. The van der Waals surface area contributed by atoms with Crippen LogP contribution in [0.3, 0.4) is 0 Å². The van der Waals surface area contributed by atoms with E-state index < -0.39 is 0 Å². The maximum absolute atomic E-state index is 9.25. The zero-order valence-corrected chi connectivity index (χ0v) is 11.6. The Morgan fingerprint density at radius 1 is 1.50 bits per heavy atom. The number of anilines is 2. The summed E-state index contributed by atoms with van der Waals surface area (Å²) < 4.78 is 1.86. The van der Waals surface area contributed by atoms with Crippen molar-refractivity contribution in [1.82, 2.24) is 9.78 Å². The highest BCUT2D eigenvalue weighted by molar-refractivity contribution is 5.67. The van der Waals surface area contributed by atoms with Crippen molar-refractivity contribution in [2.45, 2.75) is 45.1 Å². The topological polar surface area (TPSA) is 67.3 Å². The van der Waals surface area contributed by atoms with Gasteiger partial charge in [-0.25, -0.2) is 0 Å². The average Bonchev–Trinajstić information content (AvgIpc) is 2.51. The van der Waals surface area contributed by atoms with Crippen LogP contribution in [-0.2, 0) is 7.05 Å². The van der Waals surface area contributed by atoms with E-state index in [9.17, 15) is 5.11 Å². The predicted octanol–water partition coefficient (Wildman–Crippen LogP) is 1.48. The van der Waals surface area contributed by atoms with Crippen LogP contribution in [0, 0.1) is 0 Å². The molecule has 0 aromatic carbocycles. The number of aliphatic hydroxyl groups is 1. The average molecular weight is 252 g/mol. The molecule has 18 heavy (non-hydrogen) atoms. The summed E-state index contributed by atoms with van der Waals surface area (Å²) in [7, 11) is 1.93. The van der Waals surface area contributed by atoms with Gasteiger partial charge in [0.25, 0.3) is 0 Å². The van der Waals surface area contributed by atoms with E-state index in [-0.39, 0.29) is 6.61 Å². The number of nitrogens with zero attached hydrogens (tertiary/aromatic N) is 3. The second kappa shape index (κ2) is 5.18. The third-order valence-corrected chi connectivity index (χ3v) is 3.76. The van der Waals surface area contributed by atoms with Crippen LogP contribution < -0.4 is 10.6 Å². The highest BCUT2D eigenvalue weighted by Gasteiger charge is 2.29. The van der Waals surface area contributed by atoms with Gasteiger partial charge in [0.05, 0.1) is 18.0 Å². The Hall–Kier alpha value is -1.23. The van der Waals surface area contributed by atoms with E-state index in [2.05, 4.69) is 23.8 Å². The number of hydrogen-bond acceptors (Lipinski definition) is 4. The van der Waals surface area contributed by atoms with Crippen molar-refractivity contribution < 1.29 is 5.11 Å². The minimum atomic E-state index is 0.151. The van der Waals surface area contributed by atoms with Crippen molar-refractivity contribution in [2.75, 3.05) is 23.8 Å². The van der Waals surface area contributed by atoms with Gasteiger partial charge in [0.15, 0.2) is 5.82 Å². The first kappa shape index (κ1) is 13.2. The SMILES string of the molecule is CC(C)c1nn(C)c(N(CCO)C2CCC2)c1N. The highest BCUT2D eigenvalue weighted by atomic mass is 16.3. The molecule has 1 heterocycles. The molecule has 1 aliphatic rings. The van der Waals surface area contributed by atoms with Gasteiger partial charge in [0.1, 0.15) is 0 Å². The second-order valence-electron chi connectivity index (χ2n) is 5.40. The number of nitrogen functional groups attached to an aromatic ring is 1. The van der Waals surface area contributed by atoms with Crippen LogP contribution in [0.4, 0.5) is 11.5 Å². The zero-order valence-electron chi connectivity index (χ0n) is 11.6. The van der Waals surface area contributed by atoms with E-state index >= 15 is 0 Å². The van der Waals surface area contributed by atoms with Gasteiger partial charge in [-0.1, -0.05) is 13.8 Å². The molecule has 1 fully saturated rings. The van der Waals surface area contributed by atoms with Crippen LogP contribution in [0.15, 0.2) is 0 Å². The molecular weight excluding hydrogens is 228 g/mol. The molecule has 102 valence electrons. The van der Waals surface area contributed by atoms with Gasteiger partial charge < -0.3 is 15.7 Å². The standard InChI is InChI=1S/C13H24N4O/c1-9(2)12-11(14)13(16(3)15-12)17(7-8-18)10-5-4-6-10/h9-10,18H,4-8,14H2,1-3H3. The van der Waals surface area contributed by atoms with Crippen molar-refractivity contribution in [3.63, 3.8) is 0 Å². The summed E-state index contributed by atoms with van der Waals surface area (Å²) in [6, 6.07) is 0.509. The van der Waals surface area contributed by atoms with Crippen LogP contribution in [0.1, 0.15) is 44.7 Å². The molecule has 0 radical (unpaired) electrons. The summed E-state index contributed by atoms with van der Waals surface area (Å²) >= 11 is 0. The monoisotopic (exact) mass is 252 g/mol. The largest absolute Gasteiger partial charge is 0.395 e. The lowest BCUT2D eigenvalue weighted by Gasteiger charge is -2.38. The van der Waals surface area contributed by atoms with Crippen LogP contribution in [0.5, 0.6) is 0 Å². The quantitative estimate of drug-likeness (QED) is 0.833. The molecule has 5 nitrogen and oxygen atoms in total. The molecule has 0 bridgehead atoms. The van der Waals surface area contributed by atoms with Gasteiger partial charge in [-0.15, -0.1) is 0 Å². The van der Waals surface area contributed by atoms with E-state index in [0.717, 1.165) is 17.2 Å². The third kappa shape index (κ3) is 2.19. The van der Waals surface area contributed by atoms with E-state index in [1.807, 2.05) is 11.7 Å². The van der Waals surface area contributed by atoms with Crippen LogP contribution >= 0.6 is 0 Å². The molecule has 0 atom stereocenters. The number of aliphatic hydroxyl groups excluding tert-OH is 1. The van der Waals surface area contributed by atoms with Crippen molar-refractivity contribution in [2.24, 2.45) is 7.05 Å². The van der Waals surface area contributed by atoms with Gasteiger partial charge in [-0.05, 0) is 25.2 Å². The number of aryl methyl sites for hydroxylation is 1. The van der Waals surface area contributed by atoms with Crippen molar-refractivity contribution >= 4 is 11.5 Å². The van der Waals surface area contributed by atoms with E-state index in [4.69, 9.17) is 5.73 Å². The lowest BCUT2D eigenvalue weighted by Crippen LogP contribution is -2.43. The van der Waals surface area contributed by atoms with Gasteiger partial charge in [-0.3, -0.25) is 4.68 Å². The summed E-state index contributed by atoms with van der Waals surface area (Å²) in [6.45, 7) is 4.98. The summed E-state index contributed by atoms with van der Waals surface area (Å²) in [5.74, 6) is 1.29. The first-order chi connectivity index (χ1) is 8.56. The van der Waals surface area contributed by atoms with Gasteiger partial charge in [0.2, 0.25) is 0 Å². The molecule has 0 saturated heterocycles. The van der Waals surface area contributed by atoms with Crippen LogP contribution in [-0.4, -0.2) is 34.1 Å². The van der Waals surface area contributed by atoms with E-state index in [1.165, 1.54) is 19.3 Å². The van der Waals surface area contributed by atoms with Crippen molar-refractivity contribution in [3.05, 3.63) is 5.69 Å². The van der Waals surface area contributed by atoms with E-state index in [1.54, 1.807) is 0 Å². The maximum Gasteiger partial charge on any atom is 0.150 e. The third-order valence-electron chi connectivity index (χ3n) is 3.76. The normalized spacial score (nSPS) is 16.1. The lowest BCUT2D eigenvalue weighted by atomic mass is 9.91. The Morgan fingerprint density at radius 2 is 2.17 bits per heavy atom. The van der Waals surface area contributed by atoms with Gasteiger partial charge >= 0.3 is 0 Å². The summed E-state index contributed by atoms with van der Waals surface area (Å²) in [6.07, 6.45) is 3.63. The maximum atomic E-state index is 9.25. The Labute approximate surface area is 109 Å². The van der Waals surface area contributed by atoms with Crippen molar-refractivity contribution in [1.29, 1.82) is 0 Å². The first-order valence-electron chi connectivity index (χ1n) is 6.76. The minimum absolute atomic E-state index is 0.151. The lowest BCUT2D eigenvalue weighted by molar-refractivity contribution is 0.282. The molecule has 0 aliphatic heterocycles. The second-order valence-corrected chi connectivity index (χ2v) is 5.40. The molecule has 1 aromatic rings. The van der Waals surface area contributed by atoms with Crippen LogP contribution in [0.25, 0.3) is 0 Å². The molecule has 2 rings (SSSR count). The van der Waals surface area contributed by atoms with E-state index in [0.29, 0.717) is 18.5 Å². The summed E-state index contributed by atoms with van der Waals surface area (Å²) in [4.78, 5) is 2.22. The molecule has 1 aliphatic carbocycles.